The maximum Gasteiger partial charge on any atom is 0.238 e. The van der Waals surface area contributed by atoms with Crippen LogP contribution in [0.3, 0.4) is 0 Å². The Balaban J connectivity index is 1.75. The fourth-order valence-electron chi connectivity index (χ4n) is 3.19. The predicted molar refractivity (Wildman–Crippen MR) is 105 cm³/mol. The lowest BCUT2D eigenvalue weighted by Crippen LogP contribution is -2.21. The Hall–Kier alpha value is -3.06. The molecule has 1 atom stereocenters. The van der Waals surface area contributed by atoms with Crippen molar-refractivity contribution in [2.75, 3.05) is 0 Å². The molecule has 2 aromatic carbocycles. The van der Waals surface area contributed by atoms with Crippen molar-refractivity contribution >= 4 is 10.0 Å². The molecule has 9 heteroatoms. The molecule has 0 bridgehead atoms. The van der Waals surface area contributed by atoms with E-state index in [4.69, 9.17) is 9.88 Å². The van der Waals surface area contributed by atoms with Crippen molar-refractivity contribution in [1.29, 1.82) is 0 Å². The summed E-state index contributed by atoms with van der Waals surface area (Å²) in [6.45, 7) is 2.22. The minimum absolute atomic E-state index is 0.00423. The highest BCUT2D eigenvalue weighted by atomic mass is 32.2. The van der Waals surface area contributed by atoms with Crippen molar-refractivity contribution in [1.82, 2.24) is 9.78 Å². The first-order valence-electron chi connectivity index (χ1n) is 9.05. The van der Waals surface area contributed by atoms with Gasteiger partial charge in [0.15, 0.2) is 11.6 Å². The maximum atomic E-state index is 13.7. The lowest BCUT2D eigenvalue weighted by molar-refractivity contribution is 0.0397. The molecule has 1 aliphatic rings. The Morgan fingerprint density at radius 1 is 1.13 bits per heavy atom. The van der Waals surface area contributed by atoms with E-state index >= 15 is 0 Å². The summed E-state index contributed by atoms with van der Waals surface area (Å²) in [5.41, 5.74) is 3.03. The highest BCUT2D eigenvalue weighted by Crippen LogP contribution is 2.27. The zero-order valence-electron chi connectivity index (χ0n) is 15.9. The molecule has 0 saturated heterocycles. The molecule has 1 aliphatic heterocycles. The maximum absolute atomic E-state index is 13.7. The molecule has 2 N–H and O–H groups in total. The zero-order valence-corrected chi connectivity index (χ0v) is 16.7. The fourth-order valence-corrected chi connectivity index (χ4v) is 3.71. The van der Waals surface area contributed by atoms with Crippen molar-refractivity contribution in [2.45, 2.75) is 31.0 Å². The van der Waals surface area contributed by atoms with Crippen molar-refractivity contribution in [3.63, 3.8) is 0 Å². The number of aromatic nitrogens is 2. The topological polar surface area (TPSA) is 87.2 Å². The summed E-state index contributed by atoms with van der Waals surface area (Å²) < 4.78 is 57.1. The van der Waals surface area contributed by atoms with E-state index in [0.717, 1.165) is 23.4 Å². The quantitative estimate of drug-likeness (QED) is 0.635. The number of benzene rings is 2. The van der Waals surface area contributed by atoms with Crippen LogP contribution in [0.2, 0.25) is 0 Å². The van der Waals surface area contributed by atoms with E-state index in [-0.39, 0.29) is 11.0 Å². The smallest absolute Gasteiger partial charge is 0.238 e. The molecule has 6 nitrogen and oxygen atoms in total. The molecule has 0 aliphatic carbocycles. The number of hydrogen-bond acceptors (Lipinski definition) is 4. The molecule has 0 unspecified atom stereocenters. The molecule has 3 aromatic rings. The van der Waals surface area contributed by atoms with Gasteiger partial charge in [0.2, 0.25) is 10.0 Å². The van der Waals surface area contributed by atoms with Gasteiger partial charge in [-0.3, -0.25) is 0 Å². The number of sulfonamides is 1. The van der Waals surface area contributed by atoms with Crippen molar-refractivity contribution < 1.29 is 21.9 Å². The summed E-state index contributed by atoms with van der Waals surface area (Å²) in [6.07, 6.45) is 0.497. The Bertz CT molecular complexity index is 1290. The molecular weight excluding hydrogens is 412 g/mol. The SMILES string of the molecule is C[C@H]1Cc2c(c(C#Cc3ccc(S(N)(=O)=O)cc3)nn2-c2ccc(F)c(F)c2)CO1. The Kier molecular flexibility index (Phi) is 5.15. The first-order chi connectivity index (χ1) is 14.2. The lowest BCUT2D eigenvalue weighted by atomic mass is 10.1. The van der Waals surface area contributed by atoms with Crippen LogP contribution in [-0.2, 0) is 27.8 Å². The van der Waals surface area contributed by atoms with E-state index < -0.39 is 21.7 Å². The van der Waals surface area contributed by atoms with E-state index in [1.54, 1.807) is 16.8 Å². The van der Waals surface area contributed by atoms with Crippen LogP contribution in [0.1, 0.15) is 29.4 Å². The number of ether oxygens (including phenoxy) is 1. The van der Waals surface area contributed by atoms with Crippen LogP contribution in [0.15, 0.2) is 47.4 Å². The fraction of sp³-hybridized carbons (Fsp3) is 0.190. The molecule has 0 radical (unpaired) electrons. The number of primary sulfonamides is 1. The van der Waals surface area contributed by atoms with Crippen molar-refractivity contribution in [3.05, 3.63) is 76.6 Å². The van der Waals surface area contributed by atoms with Crippen molar-refractivity contribution in [3.8, 4) is 17.5 Å². The van der Waals surface area contributed by atoms with Gasteiger partial charge in [-0.05, 0) is 49.2 Å². The van der Waals surface area contributed by atoms with Gasteiger partial charge < -0.3 is 4.74 Å². The number of rotatable bonds is 2. The standard InChI is InChI=1S/C21H17F2N3O3S/c1-13-10-21-17(12-29-13)20(25-26(21)15-5-8-18(22)19(23)11-15)9-4-14-2-6-16(7-3-14)30(24,27)28/h2-3,5-8,11,13H,10,12H2,1H3,(H2,24,27,28)/t13-/m0/s1. The molecule has 1 aromatic heterocycles. The van der Waals surface area contributed by atoms with Gasteiger partial charge in [-0.2, -0.15) is 5.10 Å². The number of nitrogens with zero attached hydrogens (tertiary/aromatic N) is 2. The van der Waals surface area contributed by atoms with Gasteiger partial charge >= 0.3 is 0 Å². The van der Waals surface area contributed by atoms with Crippen molar-refractivity contribution in [2.24, 2.45) is 5.14 Å². The third-order valence-corrected chi connectivity index (χ3v) is 5.67. The number of hydrogen-bond donors (Lipinski definition) is 1. The minimum Gasteiger partial charge on any atom is -0.373 e. The van der Waals surface area contributed by atoms with E-state index in [2.05, 4.69) is 16.9 Å². The van der Waals surface area contributed by atoms with E-state index in [9.17, 15) is 17.2 Å². The monoisotopic (exact) mass is 429 g/mol. The Morgan fingerprint density at radius 3 is 2.53 bits per heavy atom. The van der Waals surface area contributed by atoms with E-state index in [1.165, 1.54) is 18.2 Å². The third kappa shape index (κ3) is 3.98. The van der Waals surface area contributed by atoms with Crippen LogP contribution in [0.25, 0.3) is 5.69 Å². The molecule has 0 saturated carbocycles. The van der Waals surface area contributed by atoms with Gasteiger partial charge in [-0.15, -0.1) is 0 Å². The molecular formula is C21H17F2N3O3S. The van der Waals surface area contributed by atoms with Crippen LogP contribution in [0.4, 0.5) is 8.78 Å². The Labute approximate surface area is 172 Å². The third-order valence-electron chi connectivity index (χ3n) is 4.74. The summed E-state index contributed by atoms with van der Waals surface area (Å²) in [5, 5.41) is 9.59. The van der Waals surface area contributed by atoms with Crippen LogP contribution < -0.4 is 5.14 Å². The summed E-state index contributed by atoms with van der Waals surface area (Å²) in [5.74, 6) is 4.01. The average molecular weight is 429 g/mol. The molecule has 0 fully saturated rings. The first-order valence-corrected chi connectivity index (χ1v) is 10.6. The number of halogens is 2. The second kappa shape index (κ2) is 7.65. The molecule has 0 amide bonds. The minimum atomic E-state index is -3.78. The second-order valence-corrected chi connectivity index (χ2v) is 8.49. The largest absolute Gasteiger partial charge is 0.373 e. The van der Waals surface area contributed by atoms with E-state index in [0.29, 0.717) is 30.0 Å². The van der Waals surface area contributed by atoms with Crippen LogP contribution >= 0.6 is 0 Å². The molecule has 30 heavy (non-hydrogen) atoms. The van der Waals surface area contributed by atoms with E-state index in [1.807, 2.05) is 6.92 Å². The molecule has 0 spiro atoms. The van der Waals surface area contributed by atoms with Crippen LogP contribution in [-0.4, -0.2) is 24.3 Å². The van der Waals surface area contributed by atoms with Crippen LogP contribution in [0.5, 0.6) is 0 Å². The molecule has 154 valence electrons. The molecule has 2 heterocycles. The van der Waals surface area contributed by atoms with Gasteiger partial charge in [0.05, 0.1) is 29.0 Å². The summed E-state index contributed by atoms with van der Waals surface area (Å²) in [7, 11) is -3.78. The predicted octanol–water partition coefficient (Wildman–Crippen LogP) is 2.66. The zero-order chi connectivity index (χ0) is 21.5. The first kappa shape index (κ1) is 20.2. The van der Waals surface area contributed by atoms with Gasteiger partial charge in [-0.25, -0.2) is 27.0 Å². The summed E-state index contributed by atoms with van der Waals surface area (Å²) in [4.78, 5) is -0.00423. The normalized spacial score (nSPS) is 15.9. The van der Waals surface area contributed by atoms with Gasteiger partial charge in [-0.1, -0.05) is 5.92 Å². The lowest BCUT2D eigenvalue weighted by Gasteiger charge is -2.20. The average Bonchev–Trinajstić information content (AvgIpc) is 3.06. The molecule has 4 rings (SSSR count). The van der Waals surface area contributed by atoms with Crippen LogP contribution in [0, 0.1) is 23.5 Å². The number of fused-ring (bicyclic) bond motifs is 1. The number of nitrogens with two attached hydrogens (primary N) is 1. The summed E-state index contributed by atoms with van der Waals surface area (Å²) in [6, 6.07) is 9.44. The highest BCUT2D eigenvalue weighted by Gasteiger charge is 2.25. The van der Waals surface area contributed by atoms with Gasteiger partial charge in [0, 0.05) is 23.6 Å². The van der Waals surface area contributed by atoms with Gasteiger partial charge in [0.25, 0.3) is 0 Å². The van der Waals surface area contributed by atoms with Gasteiger partial charge in [0.1, 0.15) is 5.69 Å². The highest BCUT2D eigenvalue weighted by molar-refractivity contribution is 7.89. The second-order valence-electron chi connectivity index (χ2n) is 6.93. The Morgan fingerprint density at radius 2 is 1.87 bits per heavy atom. The summed E-state index contributed by atoms with van der Waals surface area (Å²) >= 11 is 0.